The Bertz CT molecular complexity index is 704. The molecule has 22 heavy (non-hydrogen) atoms. The van der Waals surface area contributed by atoms with Gasteiger partial charge in [0.15, 0.2) is 11.5 Å². The summed E-state index contributed by atoms with van der Waals surface area (Å²) in [5, 5.41) is 7.12. The summed E-state index contributed by atoms with van der Waals surface area (Å²) < 4.78 is 48.0. The fourth-order valence-corrected chi connectivity index (χ4v) is 2.34. The number of benzene rings is 1. The maximum Gasteiger partial charge on any atom is 0.445 e. The number of para-hydroxylation sites is 2. The van der Waals surface area contributed by atoms with E-state index in [0.29, 0.717) is 11.5 Å². The lowest BCUT2D eigenvalue weighted by Crippen LogP contribution is -2.40. The number of anilines is 1. The maximum atomic E-state index is 12.4. The lowest BCUT2D eigenvalue weighted by Gasteiger charge is -2.25. The summed E-state index contributed by atoms with van der Waals surface area (Å²) in [6, 6.07) is 6.77. The third-order valence-corrected chi connectivity index (χ3v) is 3.58. The van der Waals surface area contributed by atoms with E-state index in [2.05, 4.69) is 15.5 Å². The number of carbonyl (C=O) groups excluding carboxylic acids is 1. The molecule has 0 aliphatic carbocycles. The molecule has 0 radical (unpaired) electrons. The lowest BCUT2D eigenvalue weighted by atomic mass is 10.2. The van der Waals surface area contributed by atoms with E-state index >= 15 is 0 Å². The van der Waals surface area contributed by atoms with Gasteiger partial charge >= 0.3 is 6.18 Å². The number of rotatable bonds is 2. The summed E-state index contributed by atoms with van der Waals surface area (Å²) in [7, 11) is 0. The molecule has 6 nitrogen and oxygen atoms in total. The highest BCUT2D eigenvalue weighted by atomic mass is 32.1. The van der Waals surface area contributed by atoms with Crippen LogP contribution < -0.4 is 14.8 Å². The molecule has 1 amide bonds. The largest absolute Gasteiger partial charge is 0.485 e. The second-order valence-corrected chi connectivity index (χ2v) is 5.24. The highest BCUT2D eigenvalue weighted by Crippen LogP contribution is 2.34. The second-order valence-electron chi connectivity index (χ2n) is 4.26. The molecule has 0 saturated heterocycles. The highest BCUT2D eigenvalue weighted by molar-refractivity contribution is 7.15. The number of halogens is 3. The van der Waals surface area contributed by atoms with Crippen molar-refractivity contribution in [1.29, 1.82) is 0 Å². The second kappa shape index (κ2) is 5.44. The molecule has 1 N–H and O–H groups in total. The van der Waals surface area contributed by atoms with E-state index in [9.17, 15) is 18.0 Å². The number of amides is 1. The van der Waals surface area contributed by atoms with E-state index in [1.165, 1.54) is 0 Å². The van der Waals surface area contributed by atoms with Crippen LogP contribution >= 0.6 is 11.3 Å². The quantitative estimate of drug-likeness (QED) is 0.914. The van der Waals surface area contributed by atoms with E-state index in [1.807, 2.05) is 0 Å². The van der Waals surface area contributed by atoms with E-state index in [4.69, 9.17) is 9.47 Å². The summed E-state index contributed by atoms with van der Waals surface area (Å²) in [4.78, 5) is 12.0. The number of ether oxygens (including phenoxy) is 2. The Morgan fingerprint density at radius 3 is 2.68 bits per heavy atom. The predicted octanol–water partition coefficient (Wildman–Crippen LogP) is 2.34. The number of fused-ring (bicyclic) bond motifs is 1. The number of nitrogens with zero attached hydrogens (tertiary/aromatic N) is 2. The van der Waals surface area contributed by atoms with Gasteiger partial charge in [0, 0.05) is 0 Å². The molecule has 1 aliphatic rings. The zero-order chi connectivity index (χ0) is 15.7. The predicted molar refractivity (Wildman–Crippen MR) is 69.9 cm³/mol. The van der Waals surface area contributed by atoms with Crippen LogP contribution in [0.15, 0.2) is 24.3 Å². The summed E-state index contributed by atoms with van der Waals surface area (Å²) in [6.45, 7) is -0.0478. The molecular weight excluding hydrogens is 323 g/mol. The Labute approximate surface area is 125 Å². The molecule has 1 aliphatic heterocycles. The van der Waals surface area contributed by atoms with Crippen LogP contribution in [0, 0.1) is 0 Å². The maximum absolute atomic E-state index is 12.4. The van der Waals surface area contributed by atoms with Crippen LogP contribution in [0.4, 0.5) is 18.3 Å². The molecule has 2 aromatic rings. The summed E-state index contributed by atoms with van der Waals surface area (Å²) >= 11 is 0.242. The van der Waals surface area contributed by atoms with Gasteiger partial charge in [0.2, 0.25) is 16.2 Å². The van der Waals surface area contributed by atoms with E-state index in [1.54, 1.807) is 24.3 Å². The molecule has 0 saturated carbocycles. The number of hydrogen-bond acceptors (Lipinski definition) is 6. The van der Waals surface area contributed by atoms with Gasteiger partial charge in [0.1, 0.15) is 6.61 Å². The van der Waals surface area contributed by atoms with Crippen molar-refractivity contribution in [3.8, 4) is 11.5 Å². The molecule has 116 valence electrons. The molecule has 0 bridgehead atoms. The van der Waals surface area contributed by atoms with Gasteiger partial charge < -0.3 is 9.47 Å². The lowest BCUT2D eigenvalue weighted by molar-refractivity contribution is -0.138. The molecule has 0 spiro atoms. The number of nitrogens with one attached hydrogen (secondary N) is 1. The zero-order valence-corrected chi connectivity index (χ0v) is 11.6. The van der Waals surface area contributed by atoms with Gasteiger partial charge in [-0.2, -0.15) is 13.2 Å². The Morgan fingerprint density at radius 1 is 1.27 bits per heavy atom. The Kier molecular flexibility index (Phi) is 3.61. The molecule has 0 unspecified atom stereocenters. The van der Waals surface area contributed by atoms with Crippen LogP contribution in [-0.4, -0.2) is 28.8 Å². The molecule has 0 fully saturated rings. The summed E-state index contributed by atoms with van der Waals surface area (Å²) in [5.41, 5.74) is 0. The van der Waals surface area contributed by atoms with Crippen molar-refractivity contribution < 1.29 is 27.4 Å². The highest BCUT2D eigenvalue weighted by Gasteiger charge is 2.36. The zero-order valence-electron chi connectivity index (χ0n) is 10.8. The van der Waals surface area contributed by atoms with Gasteiger partial charge in [0.25, 0.3) is 5.91 Å². The number of hydrogen-bond donors (Lipinski definition) is 1. The minimum absolute atomic E-state index is 0.0478. The van der Waals surface area contributed by atoms with Crippen LogP contribution in [0.1, 0.15) is 5.01 Å². The molecule has 3 rings (SSSR count). The van der Waals surface area contributed by atoms with Crippen molar-refractivity contribution in [2.75, 3.05) is 11.9 Å². The normalized spacial score (nSPS) is 17.1. The van der Waals surface area contributed by atoms with Crippen molar-refractivity contribution >= 4 is 22.4 Å². The third kappa shape index (κ3) is 2.96. The van der Waals surface area contributed by atoms with Gasteiger partial charge in [-0.15, -0.1) is 10.2 Å². The van der Waals surface area contributed by atoms with Gasteiger partial charge in [-0.3, -0.25) is 10.1 Å². The fourth-order valence-electron chi connectivity index (χ4n) is 1.72. The number of carbonyl (C=O) groups is 1. The van der Waals surface area contributed by atoms with Crippen LogP contribution in [0.2, 0.25) is 0 Å². The van der Waals surface area contributed by atoms with Gasteiger partial charge in [-0.25, -0.2) is 0 Å². The Morgan fingerprint density at radius 2 is 2.00 bits per heavy atom. The minimum atomic E-state index is -4.59. The van der Waals surface area contributed by atoms with E-state index < -0.39 is 23.2 Å². The van der Waals surface area contributed by atoms with Crippen molar-refractivity contribution in [2.45, 2.75) is 12.3 Å². The number of alkyl halides is 3. The smallest absolute Gasteiger partial charge is 0.445 e. The first kappa shape index (κ1) is 14.6. The van der Waals surface area contributed by atoms with E-state index in [-0.39, 0.29) is 23.1 Å². The Balaban J connectivity index is 1.67. The van der Waals surface area contributed by atoms with Crippen molar-refractivity contribution in [2.24, 2.45) is 0 Å². The SMILES string of the molecule is O=C(Nc1nnc(C(F)(F)F)s1)[C@H]1COc2ccccc2O1. The Hall–Kier alpha value is -2.36. The summed E-state index contributed by atoms with van der Waals surface area (Å²) in [5.74, 6) is 0.239. The van der Waals surface area contributed by atoms with Gasteiger partial charge in [0.05, 0.1) is 0 Å². The summed E-state index contributed by atoms with van der Waals surface area (Å²) in [6.07, 6.45) is -5.57. The molecular formula is C12H8F3N3O3S. The molecule has 10 heteroatoms. The van der Waals surface area contributed by atoms with Crippen molar-refractivity contribution in [3.05, 3.63) is 29.3 Å². The molecule has 2 heterocycles. The first-order valence-electron chi connectivity index (χ1n) is 6.03. The topological polar surface area (TPSA) is 73.3 Å². The third-order valence-electron chi connectivity index (χ3n) is 2.70. The standard InChI is InChI=1S/C12H8F3N3O3S/c13-12(14,15)10-17-18-11(22-10)16-9(19)8-5-20-6-3-1-2-4-7(6)21-8/h1-4,8H,5H2,(H,16,18,19)/t8-/m1/s1. The van der Waals surface area contributed by atoms with Crippen LogP contribution in [-0.2, 0) is 11.0 Å². The van der Waals surface area contributed by atoms with E-state index in [0.717, 1.165) is 0 Å². The van der Waals surface area contributed by atoms with Crippen LogP contribution in [0.3, 0.4) is 0 Å². The molecule has 1 aromatic carbocycles. The van der Waals surface area contributed by atoms with Gasteiger partial charge in [-0.1, -0.05) is 23.5 Å². The fraction of sp³-hybridized carbons (Fsp3) is 0.250. The van der Waals surface area contributed by atoms with Crippen molar-refractivity contribution in [3.63, 3.8) is 0 Å². The average molecular weight is 331 g/mol. The number of aromatic nitrogens is 2. The molecule has 1 atom stereocenters. The monoisotopic (exact) mass is 331 g/mol. The average Bonchev–Trinajstić information content (AvgIpc) is 2.95. The molecule has 1 aromatic heterocycles. The van der Waals surface area contributed by atoms with Crippen molar-refractivity contribution in [1.82, 2.24) is 10.2 Å². The minimum Gasteiger partial charge on any atom is -0.485 e. The first-order chi connectivity index (χ1) is 10.4. The van der Waals surface area contributed by atoms with Crippen LogP contribution in [0.25, 0.3) is 0 Å². The van der Waals surface area contributed by atoms with Crippen LogP contribution in [0.5, 0.6) is 11.5 Å². The van der Waals surface area contributed by atoms with Gasteiger partial charge in [-0.05, 0) is 12.1 Å². The first-order valence-corrected chi connectivity index (χ1v) is 6.85.